The number of nitrogens with zero attached hydrogens (tertiary/aromatic N) is 1. The molecule has 1 aliphatic heterocycles. The molecule has 1 aromatic heterocycles. The lowest BCUT2D eigenvalue weighted by molar-refractivity contribution is 0.0941. The van der Waals surface area contributed by atoms with Gasteiger partial charge >= 0.3 is 0 Å². The van der Waals surface area contributed by atoms with Crippen LogP contribution in [0.15, 0.2) is 42.5 Å². The van der Waals surface area contributed by atoms with Crippen LogP contribution in [0.3, 0.4) is 0 Å². The van der Waals surface area contributed by atoms with Crippen molar-refractivity contribution in [2.45, 2.75) is 45.7 Å². The third-order valence-electron chi connectivity index (χ3n) is 6.20. The smallest absolute Gasteiger partial charge is 0.268 e. The molecule has 5 nitrogen and oxygen atoms in total. The first-order valence-electron chi connectivity index (χ1n) is 10.7. The summed E-state index contributed by atoms with van der Waals surface area (Å²) in [4.78, 5) is 13.3. The van der Waals surface area contributed by atoms with Crippen LogP contribution < -0.4 is 14.8 Å². The SMILES string of the molecule is Cc1c2c(n(Cc3ccc(F)cc3)c1C(=O)NCc1ccc3c(c1)OCO3)CCCC2. The van der Waals surface area contributed by atoms with E-state index in [2.05, 4.69) is 9.88 Å². The average molecular weight is 420 g/mol. The topological polar surface area (TPSA) is 52.5 Å². The molecule has 0 saturated heterocycles. The summed E-state index contributed by atoms with van der Waals surface area (Å²) in [5.41, 5.74) is 6.23. The molecule has 31 heavy (non-hydrogen) atoms. The van der Waals surface area contributed by atoms with Crippen LogP contribution in [0.5, 0.6) is 11.5 Å². The molecule has 2 aliphatic rings. The molecule has 2 heterocycles. The Kier molecular flexibility index (Phi) is 5.14. The van der Waals surface area contributed by atoms with Gasteiger partial charge in [0.25, 0.3) is 5.91 Å². The molecule has 0 bridgehead atoms. The minimum atomic E-state index is -0.254. The number of amides is 1. The van der Waals surface area contributed by atoms with E-state index in [1.807, 2.05) is 25.1 Å². The standard InChI is InChI=1S/C25H25FN2O3/c1-16-20-4-2-3-5-21(20)28(14-17-6-9-19(26)10-7-17)24(16)25(29)27-13-18-8-11-22-23(12-18)31-15-30-22/h6-12H,2-5,13-15H2,1H3,(H,27,29). The molecule has 0 spiro atoms. The van der Waals surface area contributed by atoms with Crippen molar-refractivity contribution < 1.29 is 18.7 Å². The number of fused-ring (bicyclic) bond motifs is 2. The number of hydrogen-bond donors (Lipinski definition) is 1. The van der Waals surface area contributed by atoms with E-state index >= 15 is 0 Å². The molecule has 0 atom stereocenters. The van der Waals surface area contributed by atoms with Crippen molar-refractivity contribution in [3.8, 4) is 11.5 Å². The van der Waals surface area contributed by atoms with Crippen LogP contribution in [-0.4, -0.2) is 17.3 Å². The molecule has 0 unspecified atom stereocenters. The Morgan fingerprint density at radius 3 is 2.61 bits per heavy atom. The van der Waals surface area contributed by atoms with Gasteiger partial charge in [-0.15, -0.1) is 0 Å². The molecule has 3 aromatic rings. The average Bonchev–Trinajstić information content (AvgIpc) is 3.36. The lowest BCUT2D eigenvalue weighted by atomic mass is 9.95. The quantitative estimate of drug-likeness (QED) is 0.660. The Hall–Kier alpha value is -3.28. The van der Waals surface area contributed by atoms with E-state index in [0.717, 1.165) is 48.1 Å². The van der Waals surface area contributed by atoms with Gasteiger partial charge in [-0.05, 0) is 79.1 Å². The predicted molar refractivity (Wildman–Crippen MR) is 115 cm³/mol. The first-order valence-corrected chi connectivity index (χ1v) is 10.7. The van der Waals surface area contributed by atoms with Gasteiger partial charge in [0.1, 0.15) is 11.5 Å². The van der Waals surface area contributed by atoms with E-state index in [4.69, 9.17) is 9.47 Å². The minimum absolute atomic E-state index is 0.0910. The normalized spacial score (nSPS) is 14.4. The summed E-state index contributed by atoms with van der Waals surface area (Å²) in [6, 6.07) is 12.2. The Labute approximate surface area is 180 Å². The molecule has 0 saturated carbocycles. The molecule has 0 fully saturated rings. The van der Waals surface area contributed by atoms with Crippen LogP contribution in [-0.2, 0) is 25.9 Å². The third kappa shape index (κ3) is 3.78. The van der Waals surface area contributed by atoms with E-state index < -0.39 is 0 Å². The number of aromatic nitrogens is 1. The molecule has 0 radical (unpaired) electrons. The van der Waals surface area contributed by atoms with Gasteiger partial charge in [0.2, 0.25) is 6.79 Å². The number of carbonyl (C=O) groups is 1. The molecule has 1 aliphatic carbocycles. The summed E-state index contributed by atoms with van der Waals surface area (Å²) in [5.74, 6) is 1.09. The number of halogens is 1. The van der Waals surface area contributed by atoms with Gasteiger partial charge in [0, 0.05) is 18.8 Å². The zero-order chi connectivity index (χ0) is 21.4. The molecule has 2 aromatic carbocycles. The van der Waals surface area contributed by atoms with Crippen molar-refractivity contribution in [2.24, 2.45) is 0 Å². The van der Waals surface area contributed by atoms with Gasteiger partial charge in [-0.1, -0.05) is 18.2 Å². The monoisotopic (exact) mass is 420 g/mol. The summed E-state index contributed by atoms with van der Waals surface area (Å²) in [6.45, 7) is 3.23. The van der Waals surface area contributed by atoms with Crippen molar-refractivity contribution in [2.75, 3.05) is 6.79 Å². The summed E-state index contributed by atoms with van der Waals surface area (Å²) in [5, 5.41) is 3.08. The molecule has 5 rings (SSSR count). The van der Waals surface area contributed by atoms with Crippen molar-refractivity contribution in [1.29, 1.82) is 0 Å². The zero-order valence-corrected chi connectivity index (χ0v) is 17.5. The van der Waals surface area contributed by atoms with Gasteiger partial charge in [0.05, 0.1) is 0 Å². The molecular weight excluding hydrogens is 395 g/mol. The number of hydrogen-bond acceptors (Lipinski definition) is 3. The first-order chi connectivity index (χ1) is 15.1. The lowest BCUT2D eigenvalue weighted by Crippen LogP contribution is -2.27. The number of benzene rings is 2. The van der Waals surface area contributed by atoms with Crippen LogP contribution in [0.4, 0.5) is 4.39 Å². The summed E-state index contributed by atoms with van der Waals surface area (Å²) in [6.07, 6.45) is 4.23. The van der Waals surface area contributed by atoms with Gasteiger partial charge in [0.15, 0.2) is 11.5 Å². The maximum atomic E-state index is 13.4. The molecular formula is C25H25FN2O3. The van der Waals surface area contributed by atoms with Gasteiger partial charge < -0.3 is 19.4 Å². The van der Waals surface area contributed by atoms with Crippen LogP contribution in [0.25, 0.3) is 0 Å². The molecule has 160 valence electrons. The Morgan fingerprint density at radius 2 is 1.77 bits per heavy atom. The number of ether oxygens (including phenoxy) is 2. The Bertz CT molecular complexity index is 1130. The van der Waals surface area contributed by atoms with Crippen LogP contribution in [0, 0.1) is 12.7 Å². The Morgan fingerprint density at radius 1 is 1.03 bits per heavy atom. The highest BCUT2D eigenvalue weighted by Gasteiger charge is 2.26. The first kappa shape index (κ1) is 19.7. The van der Waals surface area contributed by atoms with E-state index in [1.54, 1.807) is 12.1 Å². The highest BCUT2D eigenvalue weighted by Crippen LogP contribution is 2.33. The van der Waals surface area contributed by atoms with Gasteiger partial charge in [-0.2, -0.15) is 0 Å². The van der Waals surface area contributed by atoms with Crippen molar-refractivity contribution in [3.05, 3.63) is 81.9 Å². The number of carbonyl (C=O) groups excluding carboxylic acids is 1. The number of rotatable bonds is 5. The molecule has 1 amide bonds. The van der Waals surface area contributed by atoms with E-state index in [9.17, 15) is 9.18 Å². The van der Waals surface area contributed by atoms with E-state index in [-0.39, 0.29) is 18.5 Å². The van der Waals surface area contributed by atoms with E-state index in [1.165, 1.54) is 23.4 Å². The van der Waals surface area contributed by atoms with Crippen LogP contribution >= 0.6 is 0 Å². The fraction of sp³-hybridized carbons (Fsp3) is 0.320. The molecule has 1 N–H and O–H groups in total. The fourth-order valence-corrected chi connectivity index (χ4v) is 4.63. The second kappa shape index (κ2) is 8.10. The second-order valence-electron chi connectivity index (χ2n) is 8.19. The minimum Gasteiger partial charge on any atom is -0.454 e. The fourth-order valence-electron chi connectivity index (χ4n) is 4.63. The van der Waals surface area contributed by atoms with Gasteiger partial charge in [-0.25, -0.2) is 4.39 Å². The molecule has 6 heteroatoms. The Balaban J connectivity index is 1.42. The van der Waals surface area contributed by atoms with Gasteiger partial charge in [-0.3, -0.25) is 4.79 Å². The highest BCUT2D eigenvalue weighted by molar-refractivity contribution is 5.95. The largest absolute Gasteiger partial charge is 0.454 e. The van der Waals surface area contributed by atoms with Crippen molar-refractivity contribution in [3.63, 3.8) is 0 Å². The third-order valence-corrected chi connectivity index (χ3v) is 6.20. The van der Waals surface area contributed by atoms with Crippen molar-refractivity contribution >= 4 is 5.91 Å². The maximum absolute atomic E-state index is 13.4. The summed E-state index contributed by atoms with van der Waals surface area (Å²) in [7, 11) is 0. The van der Waals surface area contributed by atoms with E-state index in [0.29, 0.717) is 24.5 Å². The zero-order valence-electron chi connectivity index (χ0n) is 17.5. The van der Waals surface area contributed by atoms with Crippen LogP contribution in [0.2, 0.25) is 0 Å². The van der Waals surface area contributed by atoms with Crippen LogP contribution in [0.1, 0.15) is 51.3 Å². The highest BCUT2D eigenvalue weighted by atomic mass is 19.1. The number of nitrogens with one attached hydrogen (secondary N) is 1. The summed E-state index contributed by atoms with van der Waals surface area (Å²) < 4.78 is 26.3. The predicted octanol–water partition coefficient (Wildman–Crippen LogP) is 4.52. The summed E-state index contributed by atoms with van der Waals surface area (Å²) >= 11 is 0. The lowest BCUT2D eigenvalue weighted by Gasteiger charge is -2.17. The van der Waals surface area contributed by atoms with Crippen molar-refractivity contribution in [1.82, 2.24) is 9.88 Å². The second-order valence-corrected chi connectivity index (χ2v) is 8.19. The maximum Gasteiger partial charge on any atom is 0.268 e.